The van der Waals surface area contributed by atoms with Gasteiger partial charge in [0.25, 0.3) is 5.78 Å². The zero-order valence-electron chi connectivity index (χ0n) is 16.5. The van der Waals surface area contributed by atoms with E-state index in [0.29, 0.717) is 21.7 Å². The van der Waals surface area contributed by atoms with Crippen molar-refractivity contribution in [3.05, 3.63) is 76.1 Å². The predicted molar refractivity (Wildman–Crippen MR) is 111 cm³/mol. The van der Waals surface area contributed by atoms with E-state index in [1.165, 1.54) is 48.7 Å². The van der Waals surface area contributed by atoms with Crippen LogP contribution in [0.5, 0.6) is 0 Å². The Labute approximate surface area is 180 Å². The minimum Gasteiger partial charge on any atom is -0.507 e. The van der Waals surface area contributed by atoms with Crippen molar-refractivity contribution < 1.29 is 24.2 Å². The molecule has 0 bridgehead atoms. The van der Waals surface area contributed by atoms with Crippen LogP contribution in [0, 0.1) is 6.92 Å². The number of ketones is 1. The highest BCUT2D eigenvalue weighted by Crippen LogP contribution is 2.42. The predicted octanol–water partition coefficient (Wildman–Crippen LogP) is 2.65. The lowest BCUT2D eigenvalue weighted by atomic mass is 9.95. The molecule has 1 aliphatic heterocycles. The maximum Gasteiger partial charge on any atom is 0.337 e. The molecule has 0 saturated carbocycles. The number of hydrogen-bond acceptors (Lipinski definition) is 9. The van der Waals surface area contributed by atoms with Gasteiger partial charge in [-0.25, -0.2) is 4.79 Å². The van der Waals surface area contributed by atoms with Crippen LogP contribution in [0.1, 0.15) is 32.5 Å². The minimum atomic E-state index is -0.952. The number of aryl methyl sites for hydroxylation is 1. The Kier molecular flexibility index (Phi) is 5.30. The maximum atomic E-state index is 13.0. The van der Waals surface area contributed by atoms with Gasteiger partial charge in [-0.05, 0) is 36.8 Å². The Hall–Kier alpha value is -3.92. The molecule has 1 saturated heterocycles. The van der Waals surface area contributed by atoms with Crippen LogP contribution in [0.15, 0.2) is 54.4 Å². The molecule has 4 rings (SSSR count). The van der Waals surface area contributed by atoms with Gasteiger partial charge in [-0.1, -0.05) is 23.5 Å². The van der Waals surface area contributed by atoms with Gasteiger partial charge >= 0.3 is 11.9 Å². The molecule has 10 heteroatoms. The number of carbonyl (C=O) groups is 3. The number of amides is 1. The Bertz CT molecular complexity index is 1200. The highest BCUT2D eigenvalue weighted by atomic mass is 32.1. The highest BCUT2D eigenvalue weighted by molar-refractivity contribution is 7.15. The van der Waals surface area contributed by atoms with E-state index in [1.807, 2.05) is 0 Å². The Morgan fingerprint density at radius 2 is 1.74 bits per heavy atom. The molecule has 0 spiro atoms. The molecule has 1 unspecified atom stereocenters. The first-order valence-corrected chi connectivity index (χ1v) is 9.93. The summed E-state index contributed by atoms with van der Waals surface area (Å²) in [5, 5.41) is 19.7. The monoisotopic (exact) mass is 436 g/mol. The number of anilines is 1. The van der Waals surface area contributed by atoms with Crippen LogP contribution in [0.3, 0.4) is 0 Å². The molecule has 3 aromatic rings. The first-order valence-electron chi connectivity index (χ1n) is 9.12. The van der Waals surface area contributed by atoms with E-state index in [9.17, 15) is 19.5 Å². The number of nitrogens with zero attached hydrogens (tertiary/aromatic N) is 4. The molecule has 1 aliphatic rings. The molecule has 156 valence electrons. The summed E-state index contributed by atoms with van der Waals surface area (Å²) in [5.74, 6) is -2.51. The first-order chi connectivity index (χ1) is 14.9. The summed E-state index contributed by atoms with van der Waals surface area (Å²) in [4.78, 5) is 42.8. The Morgan fingerprint density at radius 1 is 1.06 bits per heavy atom. The zero-order chi connectivity index (χ0) is 22.1. The molecule has 1 amide bonds. The number of pyridine rings is 1. The molecule has 1 N–H and O–H groups in total. The second kappa shape index (κ2) is 8.07. The van der Waals surface area contributed by atoms with Gasteiger partial charge in [-0.2, -0.15) is 0 Å². The third-order valence-electron chi connectivity index (χ3n) is 4.77. The van der Waals surface area contributed by atoms with Crippen LogP contribution < -0.4 is 4.90 Å². The number of hydrogen-bond donors (Lipinski definition) is 1. The number of methoxy groups -OCH3 is 1. The van der Waals surface area contributed by atoms with Crippen molar-refractivity contribution in [2.75, 3.05) is 12.0 Å². The number of ether oxygens (including phenoxy) is 1. The SMILES string of the molecule is COC(=O)c1ccc(C2/C(=C(\O)c3ccncc3)C(=O)C(=O)N2c2nnc(C)s2)cc1. The summed E-state index contributed by atoms with van der Waals surface area (Å²) in [6.07, 6.45) is 2.94. The Balaban J connectivity index is 1.90. The lowest BCUT2D eigenvalue weighted by Gasteiger charge is -2.22. The molecule has 0 radical (unpaired) electrons. The fourth-order valence-corrected chi connectivity index (χ4v) is 4.03. The van der Waals surface area contributed by atoms with Crippen LogP contribution in [0.4, 0.5) is 5.13 Å². The molecule has 9 nitrogen and oxygen atoms in total. The first kappa shape index (κ1) is 20.4. The van der Waals surface area contributed by atoms with Crippen LogP contribution >= 0.6 is 11.3 Å². The van der Waals surface area contributed by atoms with Gasteiger partial charge in [0.05, 0.1) is 24.3 Å². The number of Topliss-reactive ketones (excluding diaryl/α,β-unsaturated/α-hetero) is 1. The second-order valence-corrected chi connectivity index (χ2v) is 7.78. The van der Waals surface area contributed by atoms with Gasteiger partial charge in [0, 0.05) is 18.0 Å². The van der Waals surface area contributed by atoms with E-state index < -0.39 is 23.7 Å². The number of benzene rings is 1. The van der Waals surface area contributed by atoms with E-state index >= 15 is 0 Å². The summed E-state index contributed by atoms with van der Waals surface area (Å²) >= 11 is 1.15. The van der Waals surface area contributed by atoms with Crippen molar-refractivity contribution in [2.45, 2.75) is 13.0 Å². The fraction of sp³-hybridized carbons (Fsp3) is 0.143. The standard InChI is InChI=1S/C21H16N4O5S/c1-11-23-24-21(31-11)25-16(12-3-5-14(6-4-12)20(29)30-2)15(18(27)19(25)28)17(26)13-7-9-22-10-8-13/h3-10,16,26H,1-2H3/b17-15+. The number of aliphatic hydroxyl groups excluding tert-OH is 1. The molecule has 2 aromatic heterocycles. The molecule has 1 aromatic carbocycles. The topological polar surface area (TPSA) is 123 Å². The third-order valence-corrected chi connectivity index (χ3v) is 5.61. The maximum absolute atomic E-state index is 13.0. The normalized spacial score (nSPS) is 17.7. The molecule has 3 heterocycles. The van der Waals surface area contributed by atoms with Crippen LogP contribution in [0.25, 0.3) is 5.76 Å². The minimum absolute atomic E-state index is 0.0881. The number of aromatic nitrogens is 3. The van der Waals surface area contributed by atoms with Crippen molar-refractivity contribution >= 4 is 39.9 Å². The molecule has 31 heavy (non-hydrogen) atoms. The number of aliphatic hydroxyl groups is 1. The van der Waals surface area contributed by atoms with Gasteiger partial charge in [-0.3, -0.25) is 19.5 Å². The average molecular weight is 436 g/mol. The van der Waals surface area contributed by atoms with Gasteiger partial charge < -0.3 is 9.84 Å². The largest absolute Gasteiger partial charge is 0.507 e. The van der Waals surface area contributed by atoms with E-state index in [-0.39, 0.29) is 16.5 Å². The molecule has 1 fully saturated rings. The summed E-state index contributed by atoms with van der Waals surface area (Å²) in [6, 6.07) is 8.38. The van der Waals surface area contributed by atoms with Crippen molar-refractivity contribution in [3.63, 3.8) is 0 Å². The molecular weight excluding hydrogens is 420 g/mol. The Morgan fingerprint density at radius 3 is 2.32 bits per heavy atom. The fourth-order valence-electron chi connectivity index (χ4n) is 3.31. The van der Waals surface area contributed by atoms with E-state index in [0.717, 1.165) is 11.3 Å². The average Bonchev–Trinajstić information content (AvgIpc) is 3.34. The smallest absolute Gasteiger partial charge is 0.337 e. The number of carbonyl (C=O) groups excluding carboxylic acids is 3. The van der Waals surface area contributed by atoms with Crippen molar-refractivity contribution in [2.24, 2.45) is 0 Å². The van der Waals surface area contributed by atoms with E-state index in [4.69, 9.17) is 4.74 Å². The van der Waals surface area contributed by atoms with Gasteiger partial charge in [0.2, 0.25) is 5.13 Å². The second-order valence-electron chi connectivity index (χ2n) is 6.62. The highest BCUT2D eigenvalue weighted by Gasteiger charge is 2.48. The van der Waals surface area contributed by atoms with Crippen LogP contribution in [0.2, 0.25) is 0 Å². The van der Waals surface area contributed by atoms with Gasteiger partial charge in [0.1, 0.15) is 10.8 Å². The summed E-state index contributed by atoms with van der Waals surface area (Å²) < 4.78 is 4.72. The zero-order valence-corrected chi connectivity index (χ0v) is 17.3. The van der Waals surface area contributed by atoms with Gasteiger partial charge in [0.15, 0.2) is 0 Å². The number of esters is 1. The van der Waals surface area contributed by atoms with E-state index in [1.54, 1.807) is 19.1 Å². The summed E-state index contributed by atoms with van der Waals surface area (Å²) in [6.45, 7) is 1.73. The van der Waals surface area contributed by atoms with Crippen molar-refractivity contribution in [1.29, 1.82) is 0 Å². The van der Waals surface area contributed by atoms with Crippen LogP contribution in [-0.2, 0) is 14.3 Å². The third kappa shape index (κ3) is 3.57. The molecule has 1 atom stereocenters. The van der Waals surface area contributed by atoms with Gasteiger partial charge in [-0.15, -0.1) is 10.2 Å². The van der Waals surface area contributed by atoms with Crippen molar-refractivity contribution in [1.82, 2.24) is 15.2 Å². The molecule has 0 aliphatic carbocycles. The lowest BCUT2D eigenvalue weighted by Crippen LogP contribution is -2.29. The quantitative estimate of drug-likeness (QED) is 0.287. The van der Waals surface area contributed by atoms with E-state index in [2.05, 4.69) is 15.2 Å². The number of rotatable bonds is 4. The summed E-state index contributed by atoms with van der Waals surface area (Å²) in [5.41, 5.74) is 1.08. The summed E-state index contributed by atoms with van der Waals surface area (Å²) in [7, 11) is 1.28. The molecular formula is C21H16N4O5S. The van der Waals surface area contributed by atoms with Crippen molar-refractivity contribution in [3.8, 4) is 0 Å². The van der Waals surface area contributed by atoms with Crippen LogP contribution in [-0.4, -0.2) is 45.1 Å². The lowest BCUT2D eigenvalue weighted by molar-refractivity contribution is -0.132.